The molecule has 0 amide bonds. The number of hydrogen-bond donors (Lipinski definition) is 1. The van der Waals surface area contributed by atoms with Gasteiger partial charge in [0.1, 0.15) is 0 Å². The van der Waals surface area contributed by atoms with Gasteiger partial charge in [0.2, 0.25) is 0 Å². The number of rotatable bonds is 3. The van der Waals surface area contributed by atoms with E-state index in [0.29, 0.717) is 6.04 Å². The maximum absolute atomic E-state index is 3.44. The summed E-state index contributed by atoms with van der Waals surface area (Å²) in [6.07, 6.45) is 0. The highest BCUT2D eigenvalue weighted by molar-refractivity contribution is 5.85. The minimum absolute atomic E-state index is 0. The second kappa shape index (κ2) is 8.64. The monoisotopic (exact) mass is 305 g/mol. The molecule has 5 heteroatoms. The van der Waals surface area contributed by atoms with Gasteiger partial charge in [0.25, 0.3) is 0 Å². The van der Waals surface area contributed by atoms with Crippen LogP contribution in [0.4, 0.5) is 5.69 Å². The number of nitrogens with one attached hydrogen (secondary N) is 1. The Hall–Kier alpha value is -0.480. The van der Waals surface area contributed by atoms with Crippen LogP contribution in [0.3, 0.4) is 0 Å². The Balaban J connectivity index is 0.00000162. The highest BCUT2D eigenvalue weighted by atomic mass is 35.5. The van der Waals surface area contributed by atoms with Crippen LogP contribution in [0, 0.1) is 0 Å². The van der Waals surface area contributed by atoms with Gasteiger partial charge in [-0.2, -0.15) is 0 Å². The number of para-hydroxylation sites is 1. The van der Waals surface area contributed by atoms with E-state index in [1.807, 2.05) is 0 Å². The van der Waals surface area contributed by atoms with Gasteiger partial charge in [0.15, 0.2) is 0 Å². The highest BCUT2D eigenvalue weighted by Crippen LogP contribution is 2.20. The van der Waals surface area contributed by atoms with E-state index in [4.69, 9.17) is 0 Å². The summed E-state index contributed by atoms with van der Waals surface area (Å²) in [5.41, 5.74) is 2.75. The summed E-state index contributed by atoms with van der Waals surface area (Å²) >= 11 is 0. The summed E-state index contributed by atoms with van der Waals surface area (Å²) in [7, 11) is 4.22. The van der Waals surface area contributed by atoms with E-state index in [0.717, 1.165) is 26.2 Å². The molecule has 1 N–H and O–H groups in total. The van der Waals surface area contributed by atoms with Crippen molar-refractivity contribution in [3.63, 3.8) is 0 Å². The van der Waals surface area contributed by atoms with E-state index >= 15 is 0 Å². The van der Waals surface area contributed by atoms with Crippen molar-refractivity contribution in [1.82, 2.24) is 10.2 Å². The lowest BCUT2D eigenvalue weighted by molar-refractivity contribution is 0.166. The first-order chi connectivity index (χ1) is 8.18. The summed E-state index contributed by atoms with van der Waals surface area (Å²) in [6, 6.07) is 9.31. The van der Waals surface area contributed by atoms with Crippen molar-refractivity contribution in [2.75, 3.05) is 38.6 Å². The van der Waals surface area contributed by atoms with Crippen LogP contribution in [0.5, 0.6) is 0 Å². The molecular formula is C14H25Cl2N3. The van der Waals surface area contributed by atoms with Crippen molar-refractivity contribution in [1.29, 1.82) is 0 Å². The zero-order chi connectivity index (χ0) is 12.3. The lowest BCUT2D eigenvalue weighted by Gasteiger charge is -2.34. The Labute approximate surface area is 129 Å². The van der Waals surface area contributed by atoms with Crippen LogP contribution in [-0.4, -0.2) is 44.7 Å². The van der Waals surface area contributed by atoms with Gasteiger partial charge in [0, 0.05) is 52.0 Å². The van der Waals surface area contributed by atoms with Crippen LogP contribution in [0.15, 0.2) is 24.3 Å². The lowest BCUT2D eigenvalue weighted by atomic mass is 10.1. The number of hydrogen-bond acceptors (Lipinski definition) is 3. The maximum atomic E-state index is 3.44. The average molecular weight is 306 g/mol. The minimum atomic E-state index is 0. The second-order valence-corrected chi connectivity index (χ2v) is 5.05. The SMILES string of the molecule is C[C@@H]1CNCCN1Cc1ccccc1N(C)C.Cl.Cl. The van der Waals surface area contributed by atoms with E-state index in [1.165, 1.54) is 11.3 Å². The number of benzene rings is 1. The molecule has 1 aromatic carbocycles. The van der Waals surface area contributed by atoms with E-state index in [9.17, 15) is 0 Å². The van der Waals surface area contributed by atoms with Crippen molar-refractivity contribution in [2.24, 2.45) is 0 Å². The van der Waals surface area contributed by atoms with Crippen LogP contribution >= 0.6 is 24.8 Å². The van der Waals surface area contributed by atoms with Crippen LogP contribution in [0.2, 0.25) is 0 Å². The molecule has 2 rings (SSSR count). The summed E-state index contributed by atoms with van der Waals surface area (Å²) in [6.45, 7) is 6.70. The van der Waals surface area contributed by atoms with Crippen LogP contribution in [0.25, 0.3) is 0 Å². The first kappa shape index (κ1) is 18.5. The summed E-state index contributed by atoms with van der Waals surface area (Å²) in [5, 5.41) is 3.44. The molecule has 110 valence electrons. The van der Waals surface area contributed by atoms with Gasteiger partial charge in [-0.3, -0.25) is 4.90 Å². The summed E-state index contributed by atoms with van der Waals surface area (Å²) < 4.78 is 0. The van der Waals surface area contributed by atoms with Gasteiger partial charge in [-0.15, -0.1) is 24.8 Å². The smallest absolute Gasteiger partial charge is 0.0406 e. The third kappa shape index (κ3) is 4.84. The first-order valence-corrected chi connectivity index (χ1v) is 6.38. The average Bonchev–Trinajstić information content (AvgIpc) is 2.32. The quantitative estimate of drug-likeness (QED) is 0.925. The number of anilines is 1. The van der Waals surface area contributed by atoms with E-state index in [1.54, 1.807) is 0 Å². The number of halogens is 2. The van der Waals surface area contributed by atoms with Gasteiger partial charge in [-0.25, -0.2) is 0 Å². The van der Waals surface area contributed by atoms with Crippen molar-refractivity contribution in [2.45, 2.75) is 19.5 Å². The second-order valence-electron chi connectivity index (χ2n) is 5.05. The Morgan fingerprint density at radius 2 is 1.95 bits per heavy atom. The van der Waals surface area contributed by atoms with E-state index in [2.05, 4.69) is 60.4 Å². The first-order valence-electron chi connectivity index (χ1n) is 6.38. The lowest BCUT2D eigenvalue weighted by Crippen LogP contribution is -2.49. The Morgan fingerprint density at radius 1 is 1.26 bits per heavy atom. The van der Waals surface area contributed by atoms with Gasteiger partial charge in [0.05, 0.1) is 0 Å². The predicted octanol–water partition coefficient (Wildman–Crippen LogP) is 2.39. The maximum Gasteiger partial charge on any atom is 0.0406 e. The Morgan fingerprint density at radius 3 is 2.58 bits per heavy atom. The third-order valence-corrected chi connectivity index (χ3v) is 3.49. The van der Waals surface area contributed by atoms with Gasteiger partial charge < -0.3 is 10.2 Å². The fourth-order valence-electron chi connectivity index (χ4n) is 2.42. The van der Waals surface area contributed by atoms with E-state index in [-0.39, 0.29) is 24.8 Å². The topological polar surface area (TPSA) is 18.5 Å². The zero-order valence-corrected chi connectivity index (χ0v) is 13.6. The predicted molar refractivity (Wildman–Crippen MR) is 88.0 cm³/mol. The standard InChI is InChI=1S/C14H23N3.2ClH/c1-12-10-15-8-9-17(12)11-13-6-4-5-7-14(13)16(2)3;;/h4-7,12,15H,8-11H2,1-3H3;2*1H/t12-;;/m1../s1. The molecule has 1 atom stereocenters. The highest BCUT2D eigenvalue weighted by Gasteiger charge is 2.18. The molecule has 0 unspecified atom stereocenters. The molecule has 1 heterocycles. The largest absolute Gasteiger partial charge is 0.377 e. The molecule has 0 aromatic heterocycles. The molecule has 1 aliphatic heterocycles. The zero-order valence-electron chi connectivity index (χ0n) is 11.9. The fraction of sp³-hybridized carbons (Fsp3) is 0.571. The molecule has 3 nitrogen and oxygen atoms in total. The third-order valence-electron chi connectivity index (χ3n) is 3.49. The van der Waals surface area contributed by atoms with Gasteiger partial charge >= 0.3 is 0 Å². The number of piperazine rings is 1. The van der Waals surface area contributed by atoms with Crippen LogP contribution in [0.1, 0.15) is 12.5 Å². The van der Waals surface area contributed by atoms with Crippen molar-refractivity contribution in [3.8, 4) is 0 Å². The molecule has 19 heavy (non-hydrogen) atoms. The number of nitrogens with zero attached hydrogens (tertiary/aromatic N) is 2. The molecule has 0 radical (unpaired) electrons. The molecule has 1 saturated heterocycles. The fourth-order valence-corrected chi connectivity index (χ4v) is 2.42. The molecular weight excluding hydrogens is 281 g/mol. The van der Waals surface area contributed by atoms with E-state index < -0.39 is 0 Å². The molecule has 1 aromatic rings. The van der Waals surface area contributed by atoms with Gasteiger partial charge in [-0.05, 0) is 18.6 Å². The molecule has 0 bridgehead atoms. The van der Waals surface area contributed by atoms with Crippen LogP contribution < -0.4 is 10.2 Å². The minimum Gasteiger partial charge on any atom is -0.377 e. The summed E-state index contributed by atoms with van der Waals surface area (Å²) in [4.78, 5) is 4.75. The van der Waals surface area contributed by atoms with Crippen molar-refractivity contribution >= 4 is 30.5 Å². The molecule has 1 fully saturated rings. The van der Waals surface area contributed by atoms with Crippen molar-refractivity contribution in [3.05, 3.63) is 29.8 Å². The van der Waals surface area contributed by atoms with Crippen molar-refractivity contribution < 1.29 is 0 Å². The van der Waals surface area contributed by atoms with Gasteiger partial charge in [-0.1, -0.05) is 18.2 Å². The molecule has 0 spiro atoms. The molecule has 1 aliphatic rings. The molecule has 0 saturated carbocycles. The van der Waals surface area contributed by atoms with Crippen LogP contribution in [-0.2, 0) is 6.54 Å². The Kier molecular flexibility index (Phi) is 8.42. The molecule has 0 aliphatic carbocycles. The Bertz CT molecular complexity index is 371. The normalized spacial score (nSPS) is 19.2. The summed E-state index contributed by atoms with van der Waals surface area (Å²) in [5.74, 6) is 0.